The van der Waals surface area contributed by atoms with Crippen LogP contribution >= 0.6 is 34.8 Å². The maximum absolute atomic E-state index is 12.4. The summed E-state index contributed by atoms with van der Waals surface area (Å²) >= 11 is 17.9. The van der Waals surface area contributed by atoms with Crippen LogP contribution in [0.15, 0.2) is 18.2 Å². The number of aromatic nitrogens is 2. The minimum Gasteiger partial charge on any atom is -0.482 e. The molecule has 1 aromatic heterocycles. The lowest BCUT2D eigenvalue weighted by atomic mass is 10.3. The molecule has 6 nitrogen and oxygen atoms in total. The highest BCUT2D eigenvalue weighted by Gasteiger charge is 2.23. The second kappa shape index (κ2) is 8.50. The van der Waals surface area contributed by atoms with Gasteiger partial charge < -0.3 is 14.5 Å². The van der Waals surface area contributed by atoms with E-state index in [4.69, 9.17) is 39.5 Å². The molecule has 1 aliphatic rings. The highest BCUT2D eigenvalue weighted by Crippen LogP contribution is 2.33. The fourth-order valence-corrected chi connectivity index (χ4v) is 3.48. The van der Waals surface area contributed by atoms with Crippen molar-refractivity contribution in [2.45, 2.75) is 13.8 Å². The minimum absolute atomic E-state index is 0.105. The normalized spacial score (nSPS) is 14.4. The van der Waals surface area contributed by atoms with Gasteiger partial charge in [0.1, 0.15) is 17.4 Å². The minimum atomic E-state index is -0.108. The first-order valence-corrected chi connectivity index (χ1v) is 9.59. The van der Waals surface area contributed by atoms with Crippen molar-refractivity contribution in [2.75, 3.05) is 37.7 Å². The standard InChI is InChI=1S/C18H19Cl3N4O2/c1-11-7-17(23-12(2)22-11)24-3-5-25(6-4-24)18(26)10-27-16-9-14(20)13(19)8-15(16)21/h7-9H,3-6,10H2,1-2H3. The van der Waals surface area contributed by atoms with Gasteiger partial charge in [-0.05, 0) is 19.9 Å². The summed E-state index contributed by atoms with van der Waals surface area (Å²) < 4.78 is 5.53. The first-order valence-electron chi connectivity index (χ1n) is 8.46. The van der Waals surface area contributed by atoms with Crippen molar-refractivity contribution in [1.82, 2.24) is 14.9 Å². The van der Waals surface area contributed by atoms with Gasteiger partial charge in [0.2, 0.25) is 0 Å². The Kier molecular flexibility index (Phi) is 6.29. The van der Waals surface area contributed by atoms with Gasteiger partial charge in [-0.25, -0.2) is 9.97 Å². The number of hydrogen-bond acceptors (Lipinski definition) is 5. The zero-order valence-electron chi connectivity index (χ0n) is 15.0. The molecule has 0 bridgehead atoms. The summed E-state index contributed by atoms with van der Waals surface area (Å²) in [4.78, 5) is 25.1. The molecule has 27 heavy (non-hydrogen) atoms. The lowest BCUT2D eigenvalue weighted by Crippen LogP contribution is -2.50. The number of hydrogen-bond donors (Lipinski definition) is 0. The third kappa shape index (κ3) is 4.94. The molecule has 1 aromatic carbocycles. The van der Waals surface area contributed by atoms with Gasteiger partial charge in [-0.3, -0.25) is 4.79 Å². The van der Waals surface area contributed by atoms with Gasteiger partial charge in [-0.1, -0.05) is 34.8 Å². The van der Waals surface area contributed by atoms with E-state index in [1.807, 2.05) is 19.9 Å². The highest BCUT2D eigenvalue weighted by molar-refractivity contribution is 6.43. The maximum Gasteiger partial charge on any atom is 0.260 e. The SMILES string of the molecule is Cc1cc(N2CCN(C(=O)COc3cc(Cl)c(Cl)cc3Cl)CC2)nc(C)n1. The summed E-state index contributed by atoms with van der Waals surface area (Å²) in [5.41, 5.74) is 0.933. The second-order valence-electron chi connectivity index (χ2n) is 6.27. The monoisotopic (exact) mass is 428 g/mol. The molecule has 0 aliphatic carbocycles. The van der Waals surface area contributed by atoms with E-state index < -0.39 is 0 Å². The molecular formula is C18H19Cl3N4O2. The van der Waals surface area contributed by atoms with E-state index in [1.54, 1.807) is 4.90 Å². The molecule has 2 aromatic rings. The van der Waals surface area contributed by atoms with Crippen LogP contribution in [0.25, 0.3) is 0 Å². The fourth-order valence-electron chi connectivity index (χ4n) is 2.89. The van der Waals surface area contributed by atoms with Crippen LogP contribution in [-0.4, -0.2) is 53.6 Å². The van der Waals surface area contributed by atoms with Crippen LogP contribution in [0.4, 0.5) is 5.82 Å². The number of anilines is 1. The lowest BCUT2D eigenvalue weighted by Gasteiger charge is -2.35. The molecule has 1 saturated heterocycles. The molecule has 0 spiro atoms. The smallest absolute Gasteiger partial charge is 0.260 e. The van der Waals surface area contributed by atoms with Crippen molar-refractivity contribution in [1.29, 1.82) is 0 Å². The molecule has 9 heteroatoms. The largest absolute Gasteiger partial charge is 0.482 e. The van der Waals surface area contributed by atoms with Gasteiger partial charge in [0.15, 0.2) is 6.61 Å². The molecule has 0 radical (unpaired) electrons. The van der Waals surface area contributed by atoms with Crippen molar-refractivity contribution in [3.63, 3.8) is 0 Å². The number of amides is 1. The number of rotatable bonds is 4. The zero-order valence-corrected chi connectivity index (χ0v) is 17.3. The first kappa shape index (κ1) is 20.0. The molecule has 0 unspecified atom stereocenters. The number of benzene rings is 1. The third-order valence-electron chi connectivity index (χ3n) is 4.23. The Hall–Kier alpha value is -1.76. The third-order valence-corrected chi connectivity index (χ3v) is 5.25. The molecular weight excluding hydrogens is 411 g/mol. The van der Waals surface area contributed by atoms with Crippen molar-refractivity contribution < 1.29 is 9.53 Å². The van der Waals surface area contributed by atoms with E-state index in [0.29, 0.717) is 47.0 Å². The highest BCUT2D eigenvalue weighted by atomic mass is 35.5. The second-order valence-corrected chi connectivity index (χ2v) is 7.49. The maximum atomic E-state index is 12.4. The van der Waals surface area contributed by atoms with E-state index in [1.165, 1.54) is 12.1 Å². The van der Waals surface area contributed by atoms with Crippen molar-refractivity contribution in [3.8, 4) is 5.75 Å². The van der Waals surface area contributed by atoms with Gasteiger partial charge in [0.25, 0.3) is 5.91 Å². The number of ether oxygens (including phenoxy) is 1. The predicted molar refractivity (Wildman–Crippen MR) is 107 cm³/mol. The van der Waals surface area contributed by atoms with E-state index in [-0.39, 0.29) is 12.5 Å². The number of aryl methyl sites for hydroxylation is 2. The number of piperazine rings is 1. The molecule has 1 amide bonds. The van der Waals surface area contributed by atoms with Crippen molar-refractivity contribution in [3.05, 3.63) is 44.8 Å². The average Bonchev–Trinajstić information content (AvgIpc) is 2.62. The topological polar surface area (TPSA) is 58.6 Å². The molecule has 1 aliphatic heterocycles. The van der Waals surface area contributed by atoms with Crippen molar-refractivity contribution >= 4 is 46.5 Å². The van der Waals surface area contributed by atoms with Gasteiger partial charge in [0, 0.05) is 44.0 Å². The Morgan fingerprint density at radius 3 is 2.33 bits per heavy atom. The van der Waals surface area contributed by atoms with Crippen LogP contribution in [0.3, 0.4) is 0 Å². The van der Waals surface area contributed by atoms with E-state index in [0.717, 1.165) is 17.3 Å². The van der Waals surface area contributed by atoms with Gasteiger partial charge >= 0.3 is 0 Å². The Morgan fingerprint density at radius 2 is 1.67 bits per heavy atom. The molecule has 3 rings (SSSR count). The fraction of sp³-hybridized carbons (Fsp3) is 0.389. The van der Waals surface area contributed by atoms with Crippen LogP contribution < -0.4 is 9.64 Å². The molecule has 144 valence electrons. The Morgan fingerprint density at radius 1 is 1.00 bits per heavy atom. The van der Waals surface area contributed by atoms with Crippen molar-refractivity contribution in [2.24, 2.45) is 0 Å². The summed E-state index contributed by atoms with van der Waals surface area (Å²) in [6.07, 6.45) is 0. The quantitative estimate of drug-likeness (QED) is 0.692. The number of nitrogens with zero attached hydrogens (tertiary/aromatic N) is 4. The van der Waals surface area contributed by atoms with Crippen LogP contribution in [0, 0.1) is 13.8 Å². The number of carbonyl (C=O) groups excluding carboxylic acids is 1. The summed E-state index contributed by atoms with van der Waals surface area (Å²) in [7, 11) is 0. The Bertz CT molecular complexity index is 834. The zero-order chi connectivity index (χ0) is 19.6. The predicted octanol–water partition coefficient (Wildman–Crippen LogP) is 3.78. The lowest BCUT2D eigenvalue weighted by molar-refractivity contribution is -0.133. The summed E-state index contributed by atoms with van der Waals surface area (Å²) in [6.45, 7) is 6.32. The van der Waals surface area contributed by atoms with Crippen LogP contribution in [0.5, 0.6) is 5.75 Å². The van der Waals surface area contributed by atoms with E-state index in [9.17, 15) is 4.79 Å². The summed E-state index contributed by atoms with van der Waals surface area (Å²) in [5, 5.41) is 0.982. The van der Waals surface area contributed by atoms with Gasteiger partial charge in [-0.2, -0.15) is 0 Å². The number of carbonyl (C=O) groups is 1. The number of halogens is 3. The van der Waals surface area contributed by atoms with Crippen LogP contribution in [-0.2, 0) is 4.79 Å². The molecule has 0 atom stereocenters. The average molecular weight is 430 g/mol. The Balaban J connectivity index is 1.55. The molecule has 2 heterocycles. The van der Waals surface area contributed by atoms with E-state index >= 15 is 0 Å². The summed E-state index contributed by atoms with van der Waals surface area (Å²) in [6, 6.07) is 4.97. The molecule has 0 N–H and O–H groups in total. The summed E-state index contributed by atoms with van der Waals surface area (Å²) in [5.74, 6) is 1.87. The molecule has 1 fully saturated rings. The Labute approximate surface area is 173 Å². The van der Waals surface area contributed by atoms with E-state index in [2.05, 4.69) is 14.9 Å². The van der Waals surface area contributed by atoms with Gasteiger partial charge in [0.05, 0.1) is 15.1 Å². The molecule has 0 saturated carbocycles. The first-order chi connectivity index (χ1) is 12.8. The van der Waals surface area contributed by atoms with Crippen LogP contribution in [0.1, 0.15) is 11.5 Å². The van der Waals surface area contributed by atoms with Crippen LogP contribution in [0.2, 0.25) is 15.1 Å². The van der Waals surface area contributed by atoms with Gasteiger partial charge in [-0.15, -0.1) is 0 Å².